The number of fused-ring (bicyclic) bond motifs is 1. The molecule has 0 saturated heterocycles. The minimum Gasteiger partial charge on any atom is -0.497 e. The van der Waals surface area contributed by atoms with Gasteiger partial charge in [-0.05, 0) is 43.5 Å². The maximum atomic E-state index is 12.0. The third kappa shape index (κ3) is 4.70. The van der Waals surface area contributed by atoms with Gasteiger partial charge in [-0.15, -0.1) is 0 Å². The number of imidazole rings is 1. The highest BCUT2D eigenvalue weighted by Gasteiger charge is 2.11. The second kappa shape index (κ2) is 9.07. The zero-order valence-corrected chi connectivity index (χ0v) is 16.1. The van der Waals surface area contributed by atoms with Crippen molar-refractivity contribution in [2.75, 3.05) is 19.5 Å². The van der Waals surface area contributed by atoms with Gasteiger partial charge in [0.05, 0.1) is 31.6 Å². The quantitative estimate of drug-likeness (QED) is 0.579. The van der Waals surface area contributed by atoms with E-state index in [1.165, 1.54) is 0 Å². The number of alkyl carbamates (subject to hydrolysis) is 1. The molecule has 0 fully saturated rings. The number of methoxy groups -OCH3 is 1. The van der Waals surface area contributed by atoms with Gasteiger partial charge in [0.1, 0.15) is 11.3 Å². The minimum absolute atomic E-state index is 0.144. The second-order valence-corrected chi connectivity index (χ2v) is 6.48. The van der Waals surface area contributed by atoms with Crippen molar-refractivity contribution in [2.24, 2.45) is 0 Å². The number of nitrogens with two attached hydrogens (primary N) is 1. The molecule has 0 radical (unpaired) electrons. The number of amides is 1. The summed E-state index contributed by atoms with van der Waals surface area (Å²) in [6, 6.07) is 9.31. The van der Waals surface area contributed by atoms with E-state index in [0.29, 0.717) is 17.9 Å². The lowest BCUT2D eigenvalue weighted by molar-refractivity contribution is 0.140. The van der Waals surface area contributed by atoms with E-state index in [-0.39, 0.29) is 6.04 Å². The number of nitrogen functional groups attached to an aromatic ring is 1. The number of ether oxygens (including phenoxy) is 2. The fraction of sp³-hybridized carbons (Fsp3) is 0.350. The van der Waals surface area contributed by atoms with Gasteiger partial charge in [0.25, 0.3) is 0 Å². The van der Waals surface area contributed by atoms with E-state index in [1.54, 1.807) is 19.6 Å². The second-order valence-electron chi connectivity index (χ2n) is 6.48. The molecule has 1 amide bonds. The fourth-order valence-corrected chi connectivity index (χ4v) is 2.93. The Labute approximate surface area is 163 Å². The van der Waals surface area contributed by atoms with Crippen molar-refractivity contribution < 1.29 is 14.3 Å². The van der Waals surface area contributed by atoms with Gasteiger partial charge in [-0.1, -0.05) is 12.1 Å². The number of hydrogen-bond acceptors (Lipinski definition) is 6. The molecule has 3 aromatic rings. The SMILES string of the molecule is COc1ccc(C(C)NC(=O)OCCCCn2cnc3c(N)nccc32)cc1. The van der Waals surface area contributed by atoms with Crippen molar-refractivity contribution in [3.8, 4) is 5.75 Å². The lowest BCUT2D eigenvalue weighted by Crippen LogP contribution is -2.27. The van der Waals surface area contributed by atoms with Crippen LogP contribution < -0.4 is 15.8 Å². The van der Waals surface area contributed by atoms with Crippen molar-refractivity contribution in [1.29, 1.82) is 0 Å². The topological polar surface area (TPSA) is 104 Å². The lowest BCUT2D eigenvalue weighted by atomic mass is 10.1. The summed E-state index contributed by atoms with van der Waals surface area (Å²) >= 11 is 0. The monoisotopic (exact) mass is 383 g/mol. The van der Waals surface area contributed by atoms with Gasteiger partial charge in [0, 0.05) is 12.7 Å². The first-order chi connectivity index (χ1) is 13.6. The Kier molecular flexibility index (Phi) is 6.31. The number of pyridine rings is 1. The summed E-state index contributed by atoms with van der Waals surface area (Å²) in [4.78, 5) is 20.3. The maximum Gasteiger partial charge on any atom is 0.407 e. The third-order valence-corrected chi connectivity index (χ3v) is 4.54. The largest absolute Gasteiger partial charge is 0.497 e. The van der Waals surface area contributed by atoms with Crippen LogP contribution in [0.1, 0.15) is 31.4 Å². The number of hydrogen-bond donors (Lipinski definition) is 2. The fourth-order valence-electron chi connectivity index (χ4n) is 2.93. The summed E-state index contributed by atoms with van der Waals surface area (Å²) in [7, 11) is 1.62. The van der Waals surface area contributed by atoms with Gasteiger partial charge >= 0.3 is 6.09 Å². The average Bonchev–Trinajstić information content (AvgIpc) is 3.12. The number of anilines is 1. The summed E-state index contributed by atoms with van der Waals surface area (Å²) in [5.41, 5.74) is 8.47. The van der Waals surface area contributed by atoms with Crippen LogP contribution in [0.3, 0.4) is 0 Å². The van der Waals surface area contributed by atoms with Crippen LogP contribution in [0.5, 0.6) is 5.75 Å². The number of rotatable bonds is 8. The molecule has 8 heteroatoms. The van der Waals surface area contributed by atoms with Gasteiger partial charge < -0.3 is 25.1 Å². The van der Waals surface area contributed by atoms with E-state index in [9.17, 15) is 4.79 Å². The van der Waals surface area contributed by atoms with Crippen molar-refractivity contribution in [2.45, 2.75) is 32.4 Å². The maximum absolute atomic E-state index is 12.0. The van der Waals surface area contributed by atoms with Crippen LogP contribution in [0, 0.1) is 0 Å². The molecular formula is C20H25N5O3. The molecule has 0 saturated carbocycles. The Morgan fingerprint density at radius 1 is 1.21 bits per heavy atom. The molecule has 1 unspecified atom stereocenters. The van der Waals surface area contributed by atoms with Gasteiger partial charge in [-0.25, -0.2) is 14.8 Å². The number of carbonyl (C=O) groups is 1. The molecule has 0 spiro atoms. The number of carbonyl (C=O) groups excluding carboxylic acids is 1. The van der Waals surface area contributed by atoms with Gasteiger partial charge in [-0.3, -0.25) is 0 Å². The summed E-state index contributed by atoms with van der Waals surface area (Å²) < 4.78 is 12.4. The van der Waals surface area contributed by atoms with Crippen LogP contribution in [0.4, 0.5) is 10.6 Å². The Hall–Kier alpha value is -3.29. The molecule has 0 bridgehead atoms. The summed E-state index contributed by atoms with van der Waals surface area (Å²) in [5.74, 6) is 1.21. The van der Waals surface area contributed by atoms with E-state index in [1.807, 2.05) is 41.8 Å². The molecule has 1 aromatic carbocycles. The first kappa shape index (κ1) is 19.5. The highest BCUT2D eigenvalue weighted by molar-refractivity contribution is 5.84. The predicted octanol–water partition coefficient (Wildman–Crippen LogP) is 3.29. The van der Waals surface area contributed by atoms with E-state index >= 15 is 0 Å². The van der Waals surface area contributed by atoms with E-state index in [4.69, 9.17) is 15.2 Å². The zero-order valence-electron chi connectivity index (χ0n) is 16.1. The molecule has 8 nitrogen and oxygen atoms in total. The van der Waals surface area contributed by atoms with Crippen molar-refractivity contribution in [1.82, 2.24) is 19.9 Å². The van der Waals surface area contributed by atoms with Crippen molar-refractivity contribution >= 4 is 22.9 Å². The Bertz CT molecular complexity index is 923. The lowest BCUT2D eigenvalue weighted by Gasteiger charge is -2.15. The summed E-state index contributed by atoms with van der Waals surface area (Å²) in [6.07, 6.45) is 4.62. The molecule has 2 heterocycles. The molecule has 0 aliphatic rings. The summed E-state index contributed by atoms with van der Waals surface area (Å²) in [5, 5.41) is 2.83. The third-order valence-electron chi connectivity index (χ3n) is 4.54. The highest BCUT2D eigenvalue weighted by atomic mass is 16.5. The number of aryl methyl sites for hydroxylation is 1. The molecule has 148 valence electrons. The highest BCUT2D eigenvalue weighted by Crippen LogP contribution is 2.18. The molecule has 3 rings (SSSR count). The minimum atomic E-state index is -0.421. The van der Waals surface area contributed by atoms with Crippen LogP contribution >= 0.6 is 0 Å². The van der Waals surface area contributed by atoms with E-state index in [0.717, 1.165) is 36.2 Å². The number of nitrogens with zero attached hydrogens (tertiary/aromatic N) is 3. The molecule has 0 aliphatic heterocycles. The number of nitrogens with one attached hydrogen (secondary N) is 1. The molecule has 3 N–H and O–H groups in total. The van der Waals surface area contributed by atoms with Crippen LogP contribution in [-0.2, 0) is 11.3 Å². The molecular weight excluding hydrogens is 358 g/mol. The van der Waals surface area contributed by atoms with Gasteiger partial charge in [-0.2, -0.15) is 0 Å². The standard InChI is InChI=1S/C20H25N5O3/c1-14(15-5-7-16(27-2)8-6-15)24-20(26)28-12-4-3-11-25-13-23-18-17(25)9-10-22-19(18)21/h5-10,13-14H,3-4,11-12H2,1-2H3,(H2,21,22)(H,24,26). The normalized spacial score (nSPS) is 11.9. The van der Waals surface area contributed by atoms with Crippen LogP contribution in [0.15, 0.2) is 42.9 Å². The van der Waals surface area contributed by atoms with Crippen LogP contribution in [0.25, 0.3) is 11.0 Å². The smallest absolute Gasteiger partial charge is 0.407 e. The Morgan fingerprint density at radius 3 is 2.75 bits per heavy atom. The molecule has 2 aromatic heterocycles. The Morgan fingerprint density at radius 2 is 2.00 bits per heavy atom. The average molecular weight is 383 g/mol. The molecule has 28 heavy (non-hydrogen) atoms. The van der Waals surface area contributed by atoms with Gasteiger partial charge in [0.15, 0.2) is 5.82 Å². The Balaban J connectivity index is 1.38. The van der Waals surface area contributed by atoms with Gasteiger partial charge in [0.2, 0.25) is 0 Å². The van der Waals surface area contributed by atoms with Crippen molar-refractivity contribution in [3.05, 3.63) is 48.4 Å². The predicted molar refractivity (Wildman–Crippen MR) is 107 cm³/mol. The first-order valence-corrected chi connectivity index (χ1v) is 9.21. The molecule has 0 aliphatic carbocycles. The first-order valence-electron chi connectivity index (χ1n) is 9.21. The molecule has 1 atom stereocenters. The number of aromatic nitrogens is 3. The van der Waals surface area contributed by atoms with Crippen molar-refractivity contribution in [3.63, 3.8) is 0 Å². The summed E-state index contributed by atoms with van der Waals surface area (Å²) in [6.45, 7) is 3.04. The van der Waals surface area contributed by atoms with E-state index < -0.39 is 6.09 Å². The van der Waals surface area contributed by atoms with Crippen LogP contribution in [0.2, 0.25) is 0 Å². The van der Waals surface area contributed by atoms with E-state index in [2.05, 4.69) is 15.3 Å². The zero-order chi connectivity index (χ0) is 19.9. The number of unbranched alkanes of at least 4 members (excludes halogenated alkanes) is 1. The number of benzene rings is 1. The van der Waals surface area contributed by atoms with Crippen LogP contribution in [-0.4, -0.2) is 34.3 Å².